The van der Waals surface area contributed by atoms with Gasteiger partial charge >= 0.3 is 5.97 Å². The number of benzene rings is 1. The third-order valence-electron chi connectivity index (χ3n) is 5.74. The van der Waals surface area contributed by atoms with E-state index in [1.165, 1.54) is 0 Å². The van der Waals surface area contributed by atoms with Crippen LogP contribution in [0.5, 0.6) is 0 Å². The average Bonchev–Trinajstić information content (AvgIpc) is 2.67. The van der Waals surface area contributed by atoms with Crippen molar-refractivity contribution in [3.63, 3.8) is 0 Å². The van der Waals surface area contributed by atoms with Crippen LogP contribution in [-0.4, -0.2) is 34.7 Å². The number of anilines is 1. The highest BCUT2D eigenvalue weighted by atomic mass is 16.4. The first kappa shape index (κ1) is 25.2. The molecule has 2 N–H and O–H groups in total. The second-order valence-corrected chi connectivity index (χ2v) is 8.51. The molecule has 1 unspecified atom stereocenters. The Morgan fingerprint density at radius 2 is 1.59 bits per heavy atom. The normalized spacial score (nSPS) is 12.6. The fourth-order valence-electron chi connectivity index (χ4n) is 3.57. The Morgan fingerprint density at radius 3 is 2.14 bits per heavy atom. The molecule has 5 heteroatoms. The van der Waals surface area contributed by atoms with Crippen LogP contribution in [0.4, 0.5) is 5.69 Å². The van der Waals surface area contributed by atoms with Gasteiger partial charge in [-0.3, -0.25) is 9.59 Å². The molecule has 0 saturated carbocycles. The summed E-state index contributed by atoms with van der Waals surface area (Å²) in [5, 5.41) is 19.2. The van der Waals surface area contributed by atoms with Gasteiger partial charge in [-0.05, 0) is 37.0 Å². The fraction of sp³-hybridized carbons (Fsp3) is 0.667. The van der Waals surface area contributed by atoms with Crippen LogP contribution >= 0.6 is 0 Å². The predicted molar refractivity (Wildman–Crippen MR) is 118 cm³/mol. The van der Waals surface area contributed by atoms with Crippen LogP contribution in [0.3, 0.4) is 0 Å². The van der Waals surface area contributed by atoms with Crippen LogP contribution in [-0.2, 0) is 15.0 Å². The van der Waals surface area contributed by atoms with E-state index in [0.29, 0.717) is 13.0 Å². The molecule has 1 aromatic rings. The number of hydrogen-bond donors (Lipinski definition) is 2. The molecule has 0 saturated heterocycles. The lowest BCUT2D eigenvalue weighted by Gasteiger charge is -2.32. The number of carboxylic acids is 1. The zero-order valence-electron chi connectivity index (χ0n) is 18.6. The number of hydrogen-bond acceptors (Lipinski definition) is 3. The van der Waals surface area contributed by atoms with E-state index < -0.39 is 12.1 Å². The topological polar surface area (TPSA) is 77.8 Å². The third-order valence-corrected chi connectivity index (χ3v) is 5.74. The van der Waals surface area contributed by atoms with E-state index in [2.05, 4.69) is 20.8 Å². The maximum absolute atomic E-state index is 12.1. The van der Waals surface area contributed by atoms with Gasteiger partial charge in [0.1, 0.15) is 0 Å². The Hall–Kier alpha value is -1.88. The predicted octanol–water partition coefficient (Wildman–Crippen LogP) is 5.29. The number of carboxylic acid groups (broad SMARTS) is 1. The van der Waals surface area contributed by atoms with E-state index >= 15 is 0 Å². The molecule has 1 atom stereocenters. The first-order valence-corrected chi connectivity index (χ1v) is 11.0. The summed E-state index contributed by atoms with van der Waals surface area (Å²) >= 11 is 0. The lowest BCUT2D eigenvalue weighted by atomic mass is 9.77. The summed E-state index contributed by atoms with van der Waals surface area (Å²) in [6.45, 7) is 8.50. The number of carbonyl (C=O) groups is 2. The number of carbonyl (C=O) groups excluding carboxylic acids is 1. The minimum Gasteiger partial charge on any atom is -0.481 e. The first-order valence-electron chi connectivity index (χ1n) is 11.0. The third kappa shape index (κ3) is 8.57. The van der Waals surface area contributed by atoms with E-state index in [9.17, 15) is 14.7 Å². The molecule has 0 aliphatic rings. The van der Waals surface area contributed by atoms with Crippen molar-refractivity contribution in [3.8, 4) is 0 Å². The average molecular weight is 406 g/mol. The Kier molecular flexibility index (Phi) is 11.0. The SMILES string of the molecule is CCCCC(O)C(C)(C)c1ccc(N(CCCCCCCC(=O)O)C(C)=O)cc1. The van der Waals surface area contributed by atoms with Crippen molar-refractivity contribution >= 4 is 17.6 Å². The van der Waals surface area contributed by atoms with Gasteiger partial charge in [0.05, 0.1) is 6.10 Å². The number of nitrogens with zero attached hydrogens (tertiary/aromatic N) is 1. The van der Waals surface area contributed by atoms with E-state index in [4.69, 9.17) is 5.11 Å². The van der Waals surface area contributed by atoms with Crippen molar-refractivity contribution in [1.29, 1.82) is 0 Å². The molecule has 5 nitrogen and oxygen atoms in total. The van der Waals surface area contributed by atoms with Crippen LogP contribution in [0, 0.1) is 0 Å². The summed E-state index contributed by atoms with van der Waals surface area (Å²) in [6, 6.07) is 7.98. The Bertz CT molecular complexity index is 624. The van der Waals surface area contributed by atoms with Crippen LogP contribution < -0.4 is 4.90 Å². The van der Waals surface area contributed by atoms with Crippen molar-refractivity contribution < 1.29 is 19.8 Å². The molecule has 1 aromatic carbocycles. The summed E-state index contributed by atoms with van der Waals surface area (Å²) in [5.41, 5.74) is 1.63. The zero-order chi connectivity index (χ0) is 21.9. The molecule has 1 amide bonds. The van der Waals surface area contributed by atoms with E-state index in [0.717, 1.165) is 56.2 Å². The number of unbranched alkanes of at least 4 members (excludes halogenated alkanes) is 5. The molecule has 164 valence electrons. The highest BCUT2D eigenvalue weighted by molar-refractivity contribution is 5.91. The zero-order valence-corrected chi connectivity index (χ0v) is 18.6. The molecule has 1 rings (SSSR count). The Balaban J connectivity index is 2.62. The number of amides is 1. The van der Waals surface area contributed by atoms with Crippen LogP contribution in [0.25, 0.3) is 0 Å². The smallest absolute Gasteiger partial charge is 0.303 e. The monoisotopic (exact) mass is 405 g/mol. The van der Waals surface area contributed by atoms with Gasteiger partial charge in [-0.15, -0.1) is 0 Å². The Labute approximate surface area is 176 Å². The van der Waals surface area contributed by atoms with Crippen molar-refractivity contribution in [1.82, 2.24) is 0 Å². The molecule has 0 fully saturated rings. The second-order valence-electron chi connectivity index (χ2n) is 8.51. The minimum absolute atomic E-state index is 0.0193. The highest BCUT2D eigenvalue weighted by Crippen LogP contribution is 2.31. The summed E-state index contributed by atoms with van der Waals surface area (Å²) < 4.78 is 0. The number of aliphatic hydroxyl groups is 1. The van der Waals surface area contributed by atoms with Crippen molar-refractivity contribution in [3.05, 3.63) is 29.8 Å². The molecular formula is C24H39NO4. The lowest BCUT2D eigenvalue weighted by Crippen LogP contribution is -2.34. The van der Waals surface area contributed by atoms with Gasteiger partial charge in [0.25, 0.3) is 0 Å². The van der Waals surface area contributed by atoms with Gasteiger partial charge in [0.15, 0.2) is 0 Å². The molecule has 0 spiro atoms. The quantitative estimate of drug-likeness (QED) is 0.412. The van der Waals surface area contributed by atoms with E-state index in [1.807, 2.05) is 24.3 Å². The number of aliphatic carboxylic acids is 1. The van der Waals surface area contributed by atoms with Crippen molar-refractivity contribution in [2.45, 2.75) is 97.0 Å². The molecule has 0 aliphatic heterocycles. The largest absolute Gasteiger partial charge is 0.481 e. The summed E-state index contributed by atoms with van der Waals surface area (Å²) in [4.78, 5) is 24.4. The highest BCUT2D eigenvalue weighted by Gasteiger charge is 2.29. The number of aliphatic hydroxyl groups excluding tert-OH is 1. The molecule has 0 radical (unpaired) electrons. The summed E-state index contributed by atoms with van der Waals surface area (Å²) in [5.74, 6) is -0.719. The maximum atomic E-state index is 12.1. The van der Waals surface area contributed by atoms with Gasteiger partial charge < -0.3 is 15.1 Å². The molecule has 0 bridgehead atoms. The summed E-state index contributed by atoms with van der Waals surface area (Å²) in [6.07, 6.45) is 7.21. The van der Waals surface area contributed by atoms with Crippen molar-refractivity contribution in [2.24, 2.45) is 0 Å². The minimum atomic E-state index is -0.739. The lowest BCUT2D eigenvalue weighted by molar-refractivity contribution is -0.137. The molecule has 0 heterocycles. The molecule has 29 heavy (non-hydrogen) atoms. The van der Waals surface area contributed by atoms with Crippen LogP contribution in [0.1, 0.15) is 91.0 Å². The standard InChI is InChI=1S/C24H39NO4/c1-5-6-12-22(27)24(3,4)20-14-16-21(17-15-20)25(19(2)26)18-11-9-7-8-10-13-23(28)29/h14-17,22,27H,5-13,18H2,1-4H3,(H,28,29). The van der Waals surface area contributed by atoms with Crippen LogP contribution in [0.2, 0.25) is 0 Å². The maximum Gasteiger partial charge on any atom is 0.303 e. The van der Waals surface area contributed by atoms with Gasteiger partial charge in [0, 0.05) is 31.0 Å². The molecule has 0 aliphatic carbocycles. The van der Waals surface area contributed by atoms with E-state index in [-0.39, 0.29) is 17.7 Å². The molecule has 0 aromatic heterocycles. The molecular weight excluding hydrogens is 366 g/mol. The Morgan fingerprint density at radius 1 is 1.00 bits per heavy atom. The van der Waals surface area contributed by atoms with Gasteiger partial charge in [-0.25, -0.2) is 0 Å². The first-order chi connectivity index (χ1) is 13.7. The second kappa shape index (κ2) is 12.6. The summed E-state index contributed by atoms with van der Waals surface area (Å²) in [7, 11) is 0. The van der Waals surface area contributed by atoms with Gasteiger partial charge in [0.2, 0.25) is 5.91 Å². The fourth-order valence-corrected chi connectivity index (χ4v) is 3.57. The van der Waals surface area contributed by atoms with Gasteiger partial charge in [-0.2, -0.15) is 0 Å². The van der Waals surface area contributed by atoms with Gasteiger partial charge in [-0.1, -0.05) is 65.0 Å². The van der Waals surface area contributed by atoms with E-state index in [1.54, 1.807) is 11.8 Å². The number of rotatable bonds is 14. The van der Waals surface area contributed by atoms with Crippen LogP contribution in [0.15, 0.2) is 24.3 Å². The van der Waals surface area contributed by atoms with Crippen molar-refractivity contribution in [2.75, 3.05) is 11.4 Å².